The summed E-state index contributed by atoms with van der Waals surface area (Å²) in [6, 6.07) is 0.0376. The molecule has 5 nitrogen and oxygen atoms in total. The van der Waals surface area contributed by atoms with Crippen molar-refractivity contribution in [3.05, 3.63) is 0 Å². The molecule has 0 aliphatic carbocycles. The van der Waals surface area contributed by atoms with Crippen molar-refractivity contribution in [2.24, 2.45) is 5.92 Å². The van der Waals surface area contributed by atoms with E-state index in [1.807, 2.05) is 4.90 Å². The van der Waals surface area contributed by atoms with E-state index >= 15 is 0 Å². The summed E-state index contributed by atoms with van der Waals surface area (Å²) >= 11 is 0. The Balaban J connectivity index is 1.97. The van der Waals surface area contributed by atoms with Crippen LogP contribution in [0.3, 0.4) is 0 Å². The molecule has 1 N–H and O–H groups in total. The Morgan fingerprint density at radius 3 is 2.79 bits per heavy atom. The number of nitrogens with zero attached hydrogens (tertiary/aromatic N) is 1. The molecule has 2 saturated heterocycles. The molecule has 0 spiro atoms. The Kier molecular flexibility index (Phi) is 5.19. The number of piperidine rings is 2. The van der Waals surface area contributed by atoms with Gasteiger partial charge in [-0.05, 0) is 38.6 Å². The van der Waals surface area contributed by atoms with Gasteiger partial charge in [-0.25, -0.2) is 0 Å². The maximum atomic E-state index is 12.6. The van der Waals surface area contributed by atoms with Crippen LogP contribution in [0.4, 0.5) is 0 Å². The number of amides is 1. The molecule has 0 aromatic rings. The van der Waals surface area contributed by atoms with E-state index in [2.05, 4.69) is 5.32 Å². The molecular formula is C14H24N2O3. The molecule has 0 aromatic carbocycles. The lowest BCUT2D eigenvalue weighted by atomic mass is 9.93. The summed E-state index contributed by atoms with van der Waals surface area (Å²) in [4.78, 5) is 25.9. The average Bonchev–Trinajstić information content (AvgIpc) is 2.48. The normalized spacial score (nSPS) is 27.9. The van der Waals surface area contributed by atoms with Crippen LogP contribution in [0.2, 0.25) is 0 Å². The molecule has 5 heteroatoms. The highest BCUT2D eigenvalue weighted by atomic mass is 16.5. The number of nitrogens with one attached hydrogen (secondary N) is 1. The van der Waals surface area contributed by atoms with Crippen molar-refractivity contribution in [2.75, 3.05) is 26.7 Å². The monoisotopic (exact) mass is 268 g/mol. The van der Waals surface area contributed by atoms with Crippen molar-refractivity contribution in [3.8, 4) is 0 Å². The van der Waals surface area contributed by atoms with E-state index in [9.17, 15) is 9.59 Å². The van der Waals surface area contributed by atoms with Crippen LogP contribution in [0.1, 0.15) is 38.5 Å². The molecule has 1 amide bonds. The lowest BCUT2D eigenvalue weighted by Gasteiger charge is -2.38. The van der Waals surface area contributed by atoms with Crippen LogP contribution < -0.4 is 5.32 Å². The molecule has 2 rings (SSSR count). The minimum absolute atomic E-state index is 0.0376. The smallest absolute Gasteiger partial charge is 0.307 e. The molecule has 1 unspecified atom stereocenters. The Bertz CT molecular complexity index is 327. The minimum atomic E-state index is -0.216. The SMILES string of the molecule is COC(=O)CC1CCCCN1C(=O)[C@H]1CCCNC1. The molecular weight excluding hydrogens is 244 g/mol. The predicted octanol–water partition coefficient (Wildman–Crippen LogP) is 0.930. The number of ether oxygens (including phenoxy) is 1. The number of likely N-dealkylation sites (tertiary alicyclic amines) is 1. The van der Waals surface area contributed by atoms with Gasteiger partial charge in [0.05, 0.1) is 19.4 Å². The summed E-state index contributed by atoms with van der Waals surface area (Å²) in [7, 11) is 1.41. The summed E-state index contributed by atoms with van der Waals surface area (Å²) < 4.78 is 4.74. The zero-order chi connectivity index (χ0) is 13.7. The van der Waals surface area contributed by atoms with Gasteiger partial charge >= 0.3 is 5.97 Å². The average molecular weight is 268 g/mol. The Morgan fingerprint density at radius 1 is 1.26 bits per heavy atom. The second kappa shape index (κ2) is 6.89. The van der Waals surface area contributed by atoms with Crippen molar-refractivity contribution >= 4 is 11.9 Å². The maximum Gasteiger partial charge on any atom is 0.307 e. The number of esters is 1. The van der Waals surface area contributed by atoms with Gasteiger partial charge in [-0.3, -0.25) is 9.59 Å². The fraction of sp³-hybridized carbons (Fsp3) is 0.857. The van der Waals surface area contributed by atoms with E-state index in [-0.39, 0.29) is 23.8 Å². The van der Waals surface area contributed by atoms with E-state index < -0.39 is 0 Å². The van der Waals surface area contributed by atoms with Crippen molar-refractivity contribution in [1.82, 2.24) is 10.2 Å². The molecule has 2 heterocycles. The summed E-state index contributed by atoms with van der Waals surface area (Å²) in [5.74, 6) is 0.0965. The molecule has 0 saturated carbocycles. The third kappa shape index (κ3) is 3.69. The molecule has 19 heavy (non-hydrogen) atoms. The highest BCUT2D eigenvalue weighted by Crippen LogP contribution is 2.24. The van der Waals surface area contributed by atoms with Gasteiger partial charge in [0.15, 0.2) is 0 Å². The van der Waals surface area contributed by atoms with Gasteiger partial charge in [-0.2, -0.15) is 0 Å². The van der Waals surface area contributed by atoms with Gasteiger partial charge < -0.3 is 15.0 Å². The van der Waals surface area contributed by atoms with Crippen LogP contribution in [-0.4, -0.2) is 49.6 Å². The zero-order valence-corrected chi connectivity index (χ0v) is 11.7. The Hall–Kier alpha value is -1.10. The number of hydrogen-bond acceptors (Lipinski definition) is 4. The summed E-state index contributed by atoms with van der Waals surface area (Å²) in [5.41, 5.74) is 0. The lowest BCUT2D eigenvalue weighted by molar-refractivity contribution is -0.146. The van der Waals surface area contributed by atoms with Gasteiger partial charge in [0.2, 0.25) is 5.91 Å². The van der Waals surface area contributed by atoms with Crippen LogP contribution in [0.5, 0.6) is 0 Å². The highest BCUT2D eigenvalue weighted by Gasteiger charge is 2.33. The fourth-order valence-corrected chi connectivity index (χ4v) is 3.08. The van der Waals surface area contributed by atoms with Crippen molar-refractivity contribution in [3.63, 3.8) is 0 Å². The van der Waals surface area contributed by atoms with E-state index in [0.29, 0.717) is 6.42 Å². The van der Waals surface area contributed by atoms with Crippen LogP contribution >= 0.6 is 0 Å². The van der Waals surface area contributed by atoms with Gasteiger partial charge in [-0.1, -0.05) is 0 Å². The van der Waals surface area contributed by atoms with Crippen LogP contribution in [0.15, 0.2) is 0 Å². The predicted molar refractivity (Wildman–Crippen MR) is 71.6 cm³/mol. The third-order valence-electron chi connectivity index (χ3n) is 4.19. The lowest BCUT2D eigenvalue weighted by Crippen LogP contribution is -2.50. The standard InChI is InChI=1S/C14H24N2O3/c1-19-13(17)9-12-6-2-3-8-16(12)14(18)11-5-4-7-15-10-11/h11-12,15H,2-10H2,1H3/t11-,12?/m0/s1. The number of rotatable bonds is 3. The van der Waals surface area contributed by atoms with Crippen molar-refractivity contribution < 1.29 is 14.3 Å². The van der Waals surface area contributed by atoms with Gasteiger partial charge in [0.1, 0.15) is 0 Å². The first-order valence-electron chi connectivity index (χ1n) is 7.30. The largest absolute Gasteiger partial charge is 0.469 e. The quantitative estimate of drug-likeness (QED) is 0.774. The molecule has 2 atom stereocenters. The van der Waals surface area contributed by atoms with Gasteiger partial charge in [0.25, 0.3) is 0 Å². The maximum absolute atomic E-state index is 12.6. The molecule has 0 radical (unpaired) electrons. The summed E-state index contributed by atoms with van der Waals surface area (Å²) in [5, 5.41) is 3.28. The van der Waals surface area contributed by atoms with E-state index in [1.165, 1.54) is 7.11 Å². The molecule has 108 valence electrons. The number of hydrogen-bond donors (Lipinski definition) is 1. The fourth-order valence-electron chi connectivity index (χ4n) is 3.08. The van der Waals surface area contributed by atoms with Crippen LogP contribution in [0, 0.1) is 5.92 Å². The van der Waals surface area contributed by atoms with E-state index in [4.69, 9.17) is 4.74 Å². The summed E-state index contributed by atoms with van der Waals surface area (Å²) in [6.45, 7) is 2.58. The molecule has 2 aliphatic rings. The molecule has 0 bridgehead atoms. The van der Waals surface area contributed by atoms with Crippen LogP contribution in [-0.2, 0) is 14.3 Å². The zero-order valence-electron chi connectivity index (χ0n) is 11.7. The molecule has 0 aromatic heterocycles. The number of carbonyl (C=O) groups excluding carboxylic acids is 2. The van der Waals surface area contributed by atoms with Gasteiger partial charge in [0, 0.05) is 19.1 Å². The van der Waals surface area contributed by atoms with Crippen molar-refractivity contribution in [1.29, 1.82) is 0 Å². The molecule has 2 fully saturated rings. The summed E-state index contributed by atoms with van der Waals surface area (Å²) in [6.07, 6.45) is 5.42. The van der Waals surface area contributed by atoms with E-state index in [1.54, 1.807) is 0 Å². The van der Waals surface area contributed by atoms with Gasteiger partial charge in [-0.15, -0.1) is 0 Å². The second-order valence-corrected chi connectivity index (χ2v) is 5.50. The topological polar surface area (TPSA) is 58.6 Å². The first-order chi connectivity index (χ1) is 9.22. The third-order valence-corrected chi connectivity index (χ3v) is 4.19. The molecule has 2 aliphatic heterocycles. The first kappa shape index (κ1) is 14.3. The van der Waals surface area contributed by atoms with Crippen LogP contribution in [0.25, 0.3) is 0 Å². The Morgan fingerprint density at radius 2 is 2.11 bits per heavy atom. The van der Waals surface area contributed by atoms with E-state index in [0.717, 1.165) is 51.7 Å². The number of carbonyl (C=O) groups is 2. The Labute approximate surface area is 114 Å². The van der Waals surface area contributed by atoms with Crippen molar-refractivity contribution in [2.45, 2.75) is 44.6 Å². The highest BCUT2D eigenvalue weighted by molar-refractivity contribution is 5.80. The first-order valence-corrected chi connectivity index (χ1v) is 7.30. The number of methoxy groups -OCH3 is 1. The second-order valence-electron chi connectivity index (χ2n) is 5.50. The minimum Gasteiger partial charge on any atom is -0.469 e.